The number of hydrogen-bond donors (Lipinski definition) is 1. The molecule has 1 aromatic heterocycles. The van der Waals surface area contributed by atoms with Crippen molar-refractivity contribution in [1.82, 2.24) is 0 Å². The van der Waals surface area contributed by atoms with Crippen molar-refractivity contribution in [1.29, 1.82) is 5.26 Å². The fourth-order valence-electron chi connectivity index (χ4n) is 2.71. The van der Waals surface area contributed by atoms with Crippen LogP contribution in [-0.2, 0) is 17.6 Å². The van der Waals surface area contributed by atoms with Gasteiger partial charge in [0.15, 0.2) is 12.4 Å². The average molecular weight is 340 g/mol. The van der Waals surface area contributed by atoms with Gasteiger partial charge in [-0.25, -0.2) is 0 Å². The second kappa shape index (κ2) is 6.85. The van der Waals surface area contributed by atoms with E-state index in [1.807, 2.05) is 0 Å². The number of amides is 1. The Morgan fingerprint density at radius 2 is 2.04 bits per heavy atom. The lowest BCUT2D eigenvalue weighted by atomic mass is 10.1. The van der Waals surface area contributed by atoms with Crippen molar-refractivity contribution in [3.8, 4) is 11.8 Å². The summed E-state index contributed by atoms with van der Waals surface area (Å²) >= 11 is 1.48. The van der Waals surface area contributed by atoms with E-state index in [1.165, 1.54) is 23.1 Å². The van der Waals surface area contributed by atoms with Crippen LogP contribution in [0.2, 0.25) is 0 Å². The SMILES string of the molecule is CC(=O)c1ccc(OCC(=O)Nc2sc3c(c2C#N)CCC3)cc1. The predicted octanol–water partition coefficient (Wildman–Crippen LogP) is 3.33. The van der Waals surface area contributed by atoms with Gasteiger partial charge in [-0.3, -0.25) is 9.59 Å². The maximum Gasteiger partial charge on any atom is 0.262 e. The largest absolute Gasteiger partial charge is 0.484 e. The van der Waals surface area contributed by atoms with Crippen molar-refractivity contribution < 1.29 is 14.3 Å². The van der Waals surface area contributed by atoms with Crippen LogP contribution in [0.1, 0.15) is 39.7 Å². The Labute approximate surface area is 143 Å². The molecule has 1 aromatic carbocycles. The lowest BCUT2D eigenvalue weighted by molar-refractivity contribution is -0.118. The maximum absolute atomic E-state index is 12.1. The van der Waals surface area contributed by atoms with Crippen molar-refractivity contribution in [2.45, 2.75) is 26.2 Å². The Balaban J connectivity index is 1.60. The Morgan fingerprint density at radius 3 is 2.71 bits per heavy atom. The van der Waals surface area contributed by atoms with E-state index >= 15 is 0 Å². The van der Waals surface area contributed by atoms with Crippen LogP contribution in [0, 0.1) is 11.3 Å². The number of hydrogen-bond acceptors (Lipinski definition) is 5. The van der Waals surface area contributed by atoms with Crippen molar-refractivity contribution >= 4 is 28.0 Å². The highest BCUT2D eigenvalue weighted by atomic mass is 32.1. The number of nitrogens with one attached hydrogen (secondary N) is 1. The van der Waals surface area contributed by atoms with Crippen molar-refractivity contribution in [3.63, 3.8) is 0 Å². The number of carbonyl (C=O) groups is 2. The molecule has 122 valence electrons. The monoisotopic (exact) mass is 340 g/mol. The minimum Gasteiger partial charge on any atom is -0.484 e. The van der Waals surface area contributed by atoms with Gasteiger partial charge in [0.2, 0.25) is 0 Å². The summed E-state index contributed by atoms with van der Waals surface area (Å²) in [4.78, 5) is 24.5. The molecular formula is C18H16N2O3S. The quantitative estimate of drug-likeness (QED) is 0.847. The van der Waals surface area contributed by atoms with E-state index in [9.17, 15) is 14.9 Å². The molecule has 1 heterocycles. The Bertz CT molecular complexity index is 831. The Hall–Kier alpha value is -2.65. The van der Waals surface area contributed by atoms with Gasteiger partial charge in [0.1, 0.15) is 16.8 Å². The van der Waals surface area contributed by atoms with Crippen molar-refractivity contribution in [3.05, 3.63) is 45.8 Å². The molecule has 6 heteroatoms. The summed E-state index contributed by atoms with van der Waals surface area (Å²) in [5, 5.41) is 12.7. The number of carbonyl (C=O) groups excluding carboxylic acids is 2. The maximum atomic E-state index is 12.1. The van der Waals surface area contributed by atoms with Gasteiger partial charge in [-0.05, 0) is 56.0 Å². The summed E-state index contributed by atoms with van der Waals surface area (Å²) in [6, 6.07) is 8.83. The molecule has 5 nitrogen and oxygen atoms in total. The molecule has 0 fully saturated rings. The molecule has 0 atom stereocenters. The molecule has 0 aliphatic heterocycles. The molecular weight excluding hydrogens is 324 g/mol. The summed E-state index contributed by atoms with van der Waals surface area (Å²) in [5.74, 6) is 0.195. The minimum absolute atomic E-state index is 0.0194. The summed E-state index contributed by atoms with van der Waals surface area (Å²) in [6.45, 7) is 1.35. The fraction of sp³-hybridized carbons (Fsp3) is 0.278. The smallest absolute Gasteiger partial charge is 0.262 e. The standard InChI is InChI=1S/C18H16N2O3S/c1-11(21)12-5-7-13(8-6-12)23-10-17(22)20-18-15(9-19)14-3-2-4-16(14)24-18/h5-8H,2-4,10H2,1H3,(H,20,22). The van der Waals surface area contributed by atoms with E-state index in [0.717, 1.165) is 24.8 Å². The summed E-state index contributed by atoms with van der Waals surface area (Å²) in [5.41, 5.74) is 2.27. The van der Waals surface area contributed by atoms with Crippen LogP contribution in [0.4, 0.5) is 5.00 Å². The van der Waals surface area contributed by atoms with Gasteiger partial charge in [0.05, 0.1) is 5.56 Å². The second-order valence-electron chi connectivity index (χ2n) is 5.59. The van der Waals surface area contributed by atoms with Gasteiger partial charge >= 0.3 is 0 Å². The van der Waals surface area contributed by atoms with Crippen LogP contribution < -0.4 is 10.1 Å². The molecule has 1 aliphatic rings. The third-order valence-corrected chi connectivity index (χ3v) is 5.12. The number of nitrogens with zero attached hydrogens (tertiary/aromatic N) is 1. The molecule has 1 N–H and O–H groups in total. The number of thiophene rings is 1. The lowest BCUT2D eigenvalue weighted by Gasteiger charge is -2.07. The molecule has 3 rings (SSSR count). The number of Topliss-reactive ketones (excluding diaryl/α,β-unsaturated/α-hetero) is 1. The highest BCUT2D eigenvalue weighted by Crippen LogP contribution is 2.38. The number of nitriles is 1. The Morgan fingerprint density at radius 1 is 1.29 bits per heavy atom. The van der Waals surface area contributed by atoms with E-state index in [2.05, 4.69) is 11.4 Å². The first-order valence-electron chi connectivity index (χ1n) is 7.66. The van der Waals surface area contributed by atoms with Gasteiger partial charge in [0.25, 0.3) is 5.91 Å². The summed E-state index contributed by atoms with van der Waals surface area (Å²) in [7, 11) is 0. The van der Waals surface area contributed by atoms with Crippen molar-refractivity contribution in [2.24, 2.45) is 0 Å². The van der Waals surface area contributed by atoms with Gasteiger partial charge in [-0.15, -0.1) is 11.3 Å². The minimum atomic E-state index is -0.304. The number of aryl methyl sites for hydroxylation is 1. The number of rotatable bonds is 5. The van der Waals surface area contributed by atoms with Gasteiger partial charge in [-0.1, -0.05) is 0 Å². The zero-order chi connectivity index (χ0) is 17.1. The molecule has 0 saturated carbocycles. The van der Waals surface area contributed by atoms with Crippen LogP contribution in [0.3, 0.4) is 0 Å². The van der Waals surface area contributed by atoms with Gasteiger partial charge in [0, 0.05) is 10.4 Å². The van der Waals surface area contributed by atoms with Crippen LogP contribution in [0.15, 0.2) is 24.3 Å². The molecule has 2 aromatic rings. The van der Waals surface area contributed by atoms with Crippen molar-refractivity contribution in [2.75, 3.05) is 11.9 Å². The van der Waals surface area contributed by atoms with E-state index < -0.39 is 0 Å². The first-order valence-corrected chi connectivity index (χ1v) is 8.48. The highest BCUT2D eigenvalue weighted by Gasteiger charge is 2.23. The van der Waals surface area contributed by atoms with E-state index in [-0.39, 0.29) is 18.3 Å². The zero-order valence-electron chi connectivity index (χ0n) is 13.2. The number of anilines is 1. The fourth-order valence-corrected chi connectivity index (χ4v) is 3.96. The van der Waals surface area contributed by atoms with Gasteiger partial charge < -0.3 is 10.1 Å². The first kappa shape index (κ1) is 16.2. The topological polar surface area (TPSA) is 79.2 Å². The van der Waals surface area contributed by atoms with E-state index in [4.69, 9.17) is 4.74 Å². The predicted molar refractivity (Wildman–Crippen MR) is 91.6 cm³/mol. The molecule has 1 amide bonds. The van der Waals surface area contributed by atoms with E-state index in [1.54, 1.807) is 24.3 Å². The molecule has 0 saturated heterocycles. The average Bonchev–Trinajstić information content (AvgIpc) is 3.13. The van der Waals surface area contributed by atoms with Crippen LogP contribution in [-0.4, -0.2) is 18.3 Å². The number of ketones is 1. The first-order chi connectivity index (χ1) is 11.6. The van der Waals surface area contributed by atoms with E-state index in [0.29, 0.717) is 21.9 Å². The van der Waals surface area contributed by atoms with Gasteiger partial charge in [-0.2, -0.15) is 5.26 Å². The number of benzene rings is 1. The molecule has 0 bridgehead atoms. The molecule has 0 radical (unpaired) electrons. The number of fused-ring (bicyclic) bond motifs is 1. The molecule has 0 unspecified atom stereocenters. The van der Waals surface area contributed by atoms with Crippen LogP contribution >= 0.6 is 11.3 Å². The molecule has 24 heavy (non-hydrogen) atoms. The lowest BCUT2D eigenvalue weighted by Crippen LogP contribution is -2.20. The van der Waals surface area contributed by atoms with Crippen LogP contribution in [0.25, 0.3) is 0 Å². The van der Waals surface area contributed by atoms with Crippen LogP contribution in [0.5, 0.6) is 5.75 Å². The third-order valence-electron chi connectivity index (χ3n) is 3.92. The normalized spacial score (nSPS) is 12.3. The summed E-state index contributed by atoms with van der Waals surface area (Å²) < 4.78 is 5.42. The Kier molecular flexibility index (Phi) is 4.63. The number of ether oxygens (including phenoxy) is 1. The second-order valence-corrected chi connectivity index (χ2v) is 6.70. The summed E-state index contributed by atoms with van der Waals surface area (Å²) in [6.07, 6.45) is 2.95. The highest BCUT2D eigenvalue weighted by molar-refractivity contribution is 7.16. The molecule has 1 aliphatic carbocycles. The zero-order valence-corrected chi connectivity index (χ0v) is 14.0. The third kappa shape index (κ3) is 3.31. The molecule has 0 spiro atoms.